The Morgan fingerprint density at radius 3 is 2.39 bits per heavy atom. The summed E-state index contributed by atoms with van der Waals surface area (Å²) in [6, 6.07) is 2.87. The Morgan fingerprint density at radius 2 is 1.77 bits per heavy atom. The van der Waals surface area contributed by atoms with E-state index in [9.17, 15) is 14.4 Å². The third-order valence-electron chi connectivity index (χ3n) is 4.30. The van der Waals surface area contributed by atoms with Crippen LogP contribution in [0.15, 0.2) is 23.2 Å². The molecule has 2 amide bonds. The summed E-state index contributed by atoms with van der Waals surface area (Å²) < 4.78 is 11.9. The van der Waals surface area contributed by atoms with Crippen molar-refractivity contribution in [2.75, 3.05) is 17.7 Å². The van der Waals surface area contributed by atoms with Gasteiger partial charge >= 0.3 is 12.2 Å². The molecule has 1 aliphatic rings. The number of alkyl carbamates (subject to hydrolysis) is 1. The van der Waals surface area contributed by atoms with Crippen LogP contribution in [-0.2, 0) is 14.3 Å². The van der Waals surface area contributed by atoms with E-state index in [-0.39, 0.29) is 5.91 Å². The van der Waals surface area contributed by atoms with Crippen LogP contribution in [-0.4, -0.2) is 57.9 Å². The van der Waals surface area contributed by atoms with Gasteiger partial charge in [-0.25, -0.2) is 9.59 Å². The summed E-state index contributed by atoms with van der Waals surface area (Å²) in [7, 11) is 1.65. The largest absolute Gasteiger partial charge is 0.444 e. The number of aromatic nitrogens is 2. The van der Waals surface area contributed by atoms with Crippen LogP contribution in [0.1, 0.15) is 41.5 Å². The van der Waals surface area contributed by atoms with Gasteiger partial charge in [0.25, 0.3) is 0 Å². The second kappa shape index (κ2) is 8.07. The maximum absolute atomic E-state index is 13.0. The van der Waals surface area contributed by atoms with Gasteiger partial charge in [0.15, 0.2) is 0 Å². The highest BCUT2D eigenvalue weighted by Gasteiger charge is 2.32. The van der Waals surface area contributed by atoms with Gasteiger partial charge in [0.2, 0.25) is 5.91 Å². The van der Waals surface area contributed by atoms with Crippen molar-refractivity contribution in [3.63, 3.8) is 0 Å². The van der Waals surface area contributed by atoms with Gasteiger partial charge in [-0.3, -0.25) is 4.79 Å². The molecule has 1 aromatic carbocycles. The first-order chi connectivity index (χ1) is 14.2. The van der Waals surface area contributed by atoms with Crippen LogP contribution in [0.5, 0.6) is 0 Å². The summed E-state index contributed by atoms with van der Waals surface area (Å²) in [4.78, 5) is 39.9. The van der Waals surface area contributed by atoms with Gasteiger partial charge < -0.3 is 19.7 Å². The van der Waals surface area contributed by atoms with E-state index in [4.69, 9.17) is 9.47 Å². The number of fused-ring (bicyclic) bond motifs is 2. The lowest BCUT2D eigenvalue weighted by Gasteiger charge is -2.24. The number of rotatable bonds is 1. The zero-order valence-electron chi connectivity index (χ0n) is 18.8. The Hall–Kier alpha value is -2.75. The summed E-state index contributed by atoms with van der Waals surface area (Å²) in [5.41, 5.74) is -0.0478. The lowest BCUT2D eigenvalue weighted by molar-refractivity contribution is -0.119. The van der Waals surface area contributed by atoms with Gasteiger partial charge in [-0.1, -0.05) is 0 Å². The highest BCUT2D eigenvalue weighted by atomic mass is 32.2. The van der Waals surface area contributed by atoms with Crippen molar-refractivity contribution in [3.05, 3.63) is 18.3 Å². The number of hydrogen-bond acceptors (Lipinski definition) is 7. The summed E-state index contributed by atoms with van der Waals surface area (Å²) in [6.07, 6.45) is 0.343. The molecule has 1 N–H and O–H groups in total. The second-order valence-corrected chi connectivity index (χ2v) is 10.4. The van der Waals surface area contributed by atoms with Gasteiger partial charge in [0, 0.05) is 23.1 Å². The first-order valence-corrected chi connectivity index (χ1v) is 10.9. The number of hydrogen-bond donors (Lipinski definition) is 1. The van der Waals surface area contributed by atoms with E-state index in [1.807, 2.05) is 6.07 Å². The fraction of sp³-hybridized carbons (Fsp3) is 0.524. The molecule has 2 heterocycles. The first kappa shape index (κ1) is 22.9. The molecule has 2 aromatic rings. The van der Waals surface area contributed by atoms with Gasteiger partial charge in [0.05, 0.1) is 17.4 Å². The van der Waals surface area contributed by atoms with Crippen LogP contribution in [0, 0.1) is 0 Å². The molecule has 0 saturated carbocycles. The molecule has 0 fully saturated rings. The zero-order valence-corrected chi connectivity index (χ0v) is 19.6. The number of carbonyl (C=O) groups excluding carboxylic acids is 3. The minimum Gasteiger partial charge on any atom is -0.444 e. The quantitative estimate of drug-likeness (QED) is 0.708. The highest BCUT2D eigenvalue weighted by molar-refractivity contribution is 7.99. The maximum atomic E-state index is 13.0. The Kier molecular flexibility index (Phi) is 5.96. The number of thioether (sulfide) groups is 1. The molecular formula is C21H28N4O5S. The number of amides is 2. The summed E-state index contributed by atoms with van der Waals surface area (Å²) in [5, 5.41) is 7.52. The van der Waals surface area contributed by atoms with E-state index in [0.29, 0.717) is 22.3 Å². The molecule has 31 heavy (non-hydrogen) atoms. The summed E-state index contributed by atoms with van der Waals surface area (Å²) in [5.74, 6) is 0.0672. The van der Waals surface area contributed by atoms with Crippen LogP contribution >= 0.6 is 11.8 Å². The van der Waals surface area contributed by atoms with Gasteiger partial charge in [-0.05, 0) is 53.7 Å². The van der Waals surface area contributed by atoms with Crippen molar-refractivity contribution in [1.82, 2.24) is 15.1 Å². The number of nitrogens with zero attached hydrogens (tertiary/aromatic N) is 3. The van der Waals surface area contributed by atoms with E-state index in [0.717, 1.165) is 4.90 Å². The molecular weight excluding hydrogens is 420 g/mol. The molecule has 0 unspecified atom stereocenters. The molecule has 0 bridgehead atoms. The number of nitrogens with one attached hydrogen (secondary N) is 1. The molecule has 1 atom stereocenters. The Balaban J connectivity index is 1.88. The van der Waals surface area contributed by atoms with E-state index in [2.05, 4.69) is 10.4 Å². The minimum atomic E-state index is -0.747. The van der Waals surface area contributed by atoms with Crippen LogP contribution in [0.2, 0.25) is 0 Å². The van der Waals surface area contributed by atoms with Gasteiger partial charge in [-0.15, -0.1) is 11.8 Å². The van der Waals surface area contributed by atoms with E-state index in [1.54, 1.807) is 60.9 Å². The second-order valence-electron chi connectivity index (χ2n) is 9.32. The molecule has 3 rings (SSSR count). The minimum absolute atomic E-state index is 0.254. The smallest absolute Gasteiger partial charge is 0.435 e. The predicted octanol–water partition coefficient (Wildman–Crippen LogP) is 3.78. The molecule has 1 aliphatic heterocycles. The van der Waals surface area contributed by atoms with Crippen molar-refractivity contribution in [1.29, 1.82) is 0 Å². The van der Waals surface area contributed by atoms with E-state index >= 15 is 0 Å². The first-order valence-electron chi connectivity index (χ1n) is 9.90. The number of carbonyl (C=O) groups is 3. The van der Waals surface area contributed by atoms with Crippen molar-refractivity contribution in [3.8, 4) is 0 Å². The summed E-state index contributed by atoms with van der Waals surface area (Å²) >= 11 is 1.41. The predicted molar refractivity (Wildman–Crippen MR) is 119 cm³/mol. The Labute approximate surface area is 185 Å². The Bertz CT molecular complexity index is 1030. The average molecular weight is 449 g/mol. The monoisotopic (exact) mass is 448 g/mol. The number of benzene rings is 1. The molecule has 0 spiro atoms. The molecule has 0 saturated heterocycles. The standard InChI is InChI=1S/C21H28N4O5S/c1-20(2,3)29-18(27)23-13-11-31-16-9-14-12(8-15(16)24(7)17(13)26)10-22-25(14)19(28)30-21(4,5)6/h8-10,13H,11H2,1-7H3,(H,23,27)/t13-/m0/s1. The van der Waals surface area contributed by atoms with Crippen LogP contribution in [0.25, 0.3) is 10.9 Å². The fourth-order valence-electron chi connectivity index (χ4n) is 3.02. The van der Waals surface area contributed by atoms with Crippen molar-refractivity contribution < 1.29 is 23.9 Å². The SMILES string of the molecule is CN1C(=O)[C@@H](NC(=O)OC(C)(C)C)CSc2cc3c(cnn3C(=O)OC(C)(C)C)cc21. The van der Waals surface area contributed by atoms with Crippen LogP contribution in [0.4, 0.5) is 15.3 Å². The van der Waals surface area contributed by atoms with Crippen molar-refractivity contribution in [2.45, 2.75) is 63.7 Å². The summed E-state index contributed by atoms with van der Waals surface area (Å²) in [6.45, 7) is 10.7. The van der Waals surface area contributed by atoms with Gasteiger partial charge in [0.1, 0.15) is 17.2 Å². The van der Waals surface area contributed by atoms with Gasteiger partial charge in [-0.2, -0.15) is 9.78 Å². The Morgan fingerprint density at radius 1 is 1.13 bits per heavy atom. The average Bonchev–Trinajstić information content (AvgIpc) is 2.98. The molecule has 0 aliphatic carbocycles. The fourth-order valence-corrected chi connectivity index (χ4v) is 4.13. The third-order valence-corrected chi connectivity index (χ3v) is 5.44. The highest BCUT2D eigenvalue weighted by Crippen LogP contribution is 2.37. The van der Waals surface area contributed by atoms with Crippen LogP contribution < -0.4 is 10.2 Å². The maximum Gasteiger partial charge on any atom is 0.435 e. The van der Waals surface area contributed by atoms with E-state index < -0.39 is 29.4 Å². The lowest BCUT2D eigenvalue weighted by Crippen LogP contribution is -2.49. The van der Waals surface area contributed by atoms with E-state index in [1.165, 1.54) is 21.3 Å². The third kappa shape index (κ3) is 5.30. The lowest BCUT2D eigenvalue weighted by atomic mass is 10.2. The zero-order chi connectivity index (χ0) is 23.1. The molecule has 9 nitrogen and oxygen atoms in total. The van der Waals surface area contributed by atoms with Crippen molar-refractivity contribution >= 4 is 46.4 Å². The van der Waals surface area contributed by atoms with Crippen molar-refractivity contribution in [2.24, 2.45) is 0 Å². The van der Waals surface area contributed by atoms with Crippen LogP contribution in [0.3, 0.4) is 0 Å². The molecule has 0 radical (unpaired) electrons. The normalized spacial score (nSPS) is 17.2. The molecule has 1 aromatic heterocycles. The number of likely N-dealkylation sites (N-methyl/N-ethyl adjacent to an activating group) is 1. The number of anilines is 1. The molecule has 10 heteroatoms. The number of ether oxygens (including phenoxy) is 2. The topological polar surface area (TPSA) is 103 Å². The molecule has 168 valence electrons.